The molecule has 1 heterocycles. The zero-order chi connectivity index (χ0) is 12.1. The average Bonchev–Trinajstić information content (AvgIpc) is 2.95. The van der Waals surface area contributed by atoms with E-state index >= 15 is 0 Å². The van der Waals surface area contributed by atoms with E-state index in [2.05, 4.69) is 34.3 Å². The molecule has 1 fully saturated rings. The summed E-state index contributed by atoms with van der Waals surface area (Å²) in [5.41, 5.74) is 1.19. The van der Waals surface area contributed by atoms with Gasteiger partial charge in [-0.15, -0.1) is 5.10 Å². The Bertz CT molecular complexity index is 333. The number of thioether (sulfide) groups is 1. The van der Waals surface area contributed by atoms with Gasteiger partial charge in [0.15, 0.2) is 0 Å². The summed E-state index contributed by atoms with van der Waals surface area (Å²) in [7, 11) is 1.97. The van der Waals surface area contributed by atoms with Gasteiger partial charge in [-0.2, -0.15) is 11.8 Å². The lowest BCUT2D eigenvalue weighted by Gasteiger charge is -2.19. The summed E-state index contributed by atoms with van der Waals surface area (Å²) in [6, 6.07) is 0.380. The monoisotopic (exact) mass is 254 g/mol. The number of hydrogen-bond donors (Lipinski definition) is 1. The van der Waals surface area contributed by atoms with Gasteiger partial charge in [0.1, 0.15) is 0 Å². The Morgan fingerprint density at radius 2 is 2.29 bits per heavy atom. The van der Waals surface area contributed by atoms with Gasteiger partial charge in [0.25, 0.3) is 0 Å². The first-order chi connectivity index (χ1) is 8.31. The number of rotatable bonds is 6. The second-order valence-corrected chi connectivity index (χ2v) is 5.97. The fraction of sp³-hybridized carbons (Fsp3) is 0.833. The van der Waals surface area contributed by atoms with E-state index in [9.17, 15) is 0 Å². The summed E-state index contributed by atoms with van der Waals surface area (Å²) in [5.74, 6) is 1.12. The number of aromatic nitrogens is 3. The van der Waals surface area contributed by atoms with Crippen LogP contribution in [-0.2, 0) is 7.05 Å². The number of nitrogens with one attached hydrogen (secondary N) is 1. The van der Waals surface area contributed by atoms with Crippen LogP contribution < -0.4 is 5.32 Å². The smallest absolute Gasteiger partial charge is 0.0761 e. The van der Waals surface area contributed by atoms with Crippen LogP contribution in [0.4, 0.5) is 0 Å². The van der Waals surface area contributed by atoms with Crippen molar-refractivity contribution < 1.29 is 0 Å². The van der Waals surface area contributed by atoms with Crippen molar-refractivity contribution in [2.75, 3.05) is 12.3 Å². The minimum atomic E-state index is 0.380. The van der Waals surface area contributed by atoms with E-state index in [-0.39, 0.29) is 0 Å². The van der Waals surface area contributed by atoms with Crippen molar-refractivity contribution in [2.45, 2.75) is 43.9 Å². The number of hydrogen-bond acceptors (Lipinski definition) is 4. The molecule has 96 valence electrons. The van der Waals surface area contributed by atoms with E-state index < -0.39 is 0 Å². The normalized spacial score (nSPS) is 18.7. The maximum absolute atomic E-state index is 4.02. The molecule has 0 aliphatic heterocycles. The summed E-state index contributed by atoms with van der Waals surface area (Å²) in [5, 5.41) is 12.4. The van der Waals surface area contributed by atoms with E-state index in [4.69, 9.17) is 0 Å². The van der Waals surface area contributed by atoms with Crippen LogP contribution in [0.15, 0.2) is 6.20 Å². The Hall–Kier alpha value is -0.550. The molecule has 1 aromatic rings. The van der Waals surface area contributed by atoms with Gasteiger partial charge in [-0.05, 0) is 19.4 Å². The van der Waals surface area contributed by atoms with Crippen molar-refractivity contribution in [1.29, 1.82) is 0 Å². The minimum absolute atomic E-state index is 0.380. The van der Waals surface area contributed by atoms with Crippen LogP contribution in [-0.4, -0.2) is 32.5 Å². The van der Waals surface area contributed by atoms with Crippen molar-refractivity contribution in [2.24, 2.45) is 7.05 Å². The van der Waals surface area contributed by atoms with Gasteiger partial charge in [0.05, 0.1) is 17.9 Å². The molecule has 17 heavy (non-hydrogen) atoms. The van der Waals surface area contributed by atoms with Crippen molar-refractivity contribution in [1.82, 2.24) is 20.3 Å². The van der Waals surface area contributed by atoms with Crippen LogP contribution in [0.1, 0.15) is 44.3 Å². The quantitative estimate of drug-likeness (QED) is 0.844. The molecule has 0 saturated heterocycles. The fourth-order valence-corrected chi connectivity index (χ4v) is 3.82. The lowest BCUT2D eigenvalue weighted by Crippen LogP contribution is -2.25. The molecule has 1 N–H and O–H groups in total. The van der Waals surface area contributed by atoms with E-state index in [1.54, 1.807) is 0 Å². The third-order valence-corrected chi connectivity index (χ3v) is 4.83. The van der Waals surface area contributed by atoms with E-state index in [1.807, 2.05) is 17.9 Å². The first kappa shape index (κ1) is 12.9. The van der Waals surface area contributed by atoms with Gasteiger partial charge in [0, 0.05) is 18.1 Å². The van der Waals surface area contributed by atoms with Crippen LogP contribution in [0, 0.1) is 0 Å². The Labute approximate surface area is 108 Å². The minimum Gasteiger partial charge on any atom is -0.308 e. The highest BCUT2D eigenvalue weighted by Crippen LogP contribution is 2.31. The third-order valence-electron chi connectivity index (χ3n) is 3.36. The summed E-state index contributed by atoms with van der Waals surface area (Å²) in [4.78, 5) is 0. The van der Waals surface area contributed by atoms with Crippen LogP contribution in [0.25, 0.3) is 0 Å². The zero-order valence-electron chi connectivity index (χ0n) is 10.7. The molecule has 1 saturated carbocycles. The summed E-state index contributed by atoms with van der Waals surface area (Å²) in [6.07, 6.45) is 7.50. The summed E-state index contributed by atoms with van der Waals surface area (Å²) < 4.78 is 1.88. The predicted octanol–water partition coefficient (Wildman–Crippen LogP) is 2.14. The summed E-state index contributed by atoms with van der Waals surface area (Å²) >= 11 is 2.11. The molecule has 1 unspecified atom stereocenters. The highest BCUT2D eigenvalue weighted by molar-refractivity contribution is 7.99. The number of nitrogens with zero attached hydrogens (tertiary/aromatic N) is 3. The second-order valence-electron chi connectivity index (χ2n) is 4.63. The van der Waals surface area contributed by atoms with Gasteiger partial charge < -0.3 is 5.32 Å². The molecule has 0 radical (unpaired) electrons. The van der Waals surface area contributed by atoms with Gasteiger partial charge in [0.2, 0.25) is 0 Å². The second kappa shape index (κ2) is 6.40. The van der Waals surface area contributed by atoms with Crippen molar-refractivity contribution in [3.8, 4) is 0 Å². The molecule has 0 bridgehead atoms. The molecule has 1 aliphatic carbocycles. The Balaban J connectivity index is 1.90. The van der Waals surface area contributed by atoms with E-state index in [0.717, 1.165) is 17.5 Å². The van der Waals surface area contributed by atoms with Crippen molar-refractivity contribution >= 4 is 11.8 Å². The molecule has 0 spiro atoms. The topological polar surface area (TPSA) is 42.7 Å². The molecule has 0 amide bonds. The van der Waals surface area contributed by atoms with Crippen LogP contribution in [0.2, 0.25) is 0 Å². The van der Waals surface area contributed by atoms with Crippen LogP contribution in [0.5, 0.6) is 0 Å². The highest BCUT2D eigenvalue weighted by atomic mass is 32.2. The van der Waals surface area contributed by atoms with Gasteiger partial charge in [-0.25, -0.2) is 0 Å². The molecular formula is C12H22N4S. The molecule has 1 aliphatic rings. The maximum atomic E-state index is 4.02. The summed E-state index contributed by atoms with van der Waals surface area (Å²) in [6.45, 7) is 3.14. The van der Waals surface area contributed by atoms with Gasteiger partial charge >= 0.3 is 0 Å². The Morgan fingerprint density at radius 1 is 1.53 bits per heavy atom. The Morgan fingerprint density at radius 3 is 2.88 bits per heavy atom. The molecular weight excluding hydrogens is 232 g/mol. The van der Waals surface area contributed by atoms with Crippen LogP contribution in [0.3, 0.4) is 0 Å². The number of aryl methyl sites for hydroxylation is 1. The fourth-order valence-electron chi connectivity index (χ4n) is 2.40. The Kier molecular flexibility index (Phi) is 4.86. The van der Waals surface area contributed by atoms with E-state index in [1.165, 1.54) is 31.4 Å². The average molecular weight is 254 g/mol. The maximum Gasteiger partial charge on any atom is 0.0761 e. The third kappa shape index (κ3) is 3.45. The van der Waals surface area contributed by atoms with Crippen molar-refractivity contribution in [3.63, 3.8) is 0 Å². The zero-order valence-corrected chi connectivity index (χ0v) is 11.5. The van der Waals surface area contributed by atoms with Gasteiger partial charge in [-0.1, -0.05) is 25.0 Å². The highest BCUT2D eigenvalue weighted by Gasteiger charge is 2.20. The van der Waals surface area contributed by atoms with Crippen LogP contribution >= 0.6 is 11.8 Å². The molecule has 1 aromatic heterocycles. The standard InChI is InChI=1S/C12H22N4S/c1-3-13-11(12-8-14-15-16(12)2)9-17-10-6-4-5-7-10/h8,10-11,13H,3-7,9H2,1-2H3. The molecule has 2 rings (SSSR count). The largest absolute Gasteiger partial charge is 0.308 e. The predicted molar refractivity (Wildman–Crippen MR) is 72.1 cm³/mol. The first-order valence-corrected chi connectivity index (χ1v) is 7.55. The molecule has 4 nitrogen and oxygen atoms in total. The molecule has 0 aromatic carbocycles. The molecule has 1 atom stereocenters. The SMILES string of the molecule is CCNC(CSC1CCCC1)c1cnnn1C. The lowest BCUT2D eigenvalue weighted by molar-refractivity contribution is 0.548. The van der Waals surface area contributed by atoms with E-state index in [0.29, 0.717) is 6.04 Å². The van der Waals surface area contributed by atoms with Crippen molar-refractivity contribution in [3.05, 3.63) is 11.9 Å². The van der Waals surface area contributed by atoms with Gasteiger partial charge in [-0.3, -0.25) is 4.68 Å². The molecule has 5 heteroatoms. The lowest BCUT2D eigenvalue weighted by atomic mass is 10.2. The first-order valence-electron chi connectivity index (χ1n) is 6.50.